The Hall–Kier alpha value is -7.83. The highest BCUT2D eigenvalue weighted by molar-refractivity contribution is 6.62. The zero-order chi connectivity index (χ0) is 39.3. The minimum Gasteiger partial charge on any atom is -0.310 e. The average Bonchev–Trinajstić information content (AvgIpc) is 3.82. The molecule has 0 amide bonds. The minimum absolute atomic E-state index is 0.337. The van der Waals surface area contributed by atoms with Crippen LogP contribution < -0.4 is 5.43 Å². The molecule has 280 valence electrons. The highest BCUT2D eigenvalue weighted by Crippen LogP contribution is 2.39. The summed E-state index contributed by atoms with van der Waals surface area (Å²) in [6.07, 6.45) is 16.7. The zero-order valence-electron chi connectivity index (χ0n) is 32.2. The predicted octanol–water partition coefficient (Wildman–Crippen LogP) is 13.1. The number of benzene rings is 6. The van der Waals surface area contributed by atoms with Gasteiger partial charge < -0.3 is 9.13 Å². The summed E-state index contributed by atoms with van der Waals surface area (Å²) in [6.45, 7) is 0. The summed E-state index contributed by atoms with van der Waals surface area (Å²) >= 11 is 0. The fourth-order valence-corrected chi connectivity index (χ4v) is 8.72. The maximum Gasteiger partial charge on any atom is 0.116 e. The molecule has 6 nitrogen and oxygen atoms in total. The number of hydrogen-bond acceptors (Lipinski definition) is 4. The minimum atomic E-state index is 0.337. The summed E-state index contributed by atoms with van der Waals surface area (Å²) in [5.41, 5.74) is 18.0. The lowest BCUT2D eigenvalue weighted by Gasteiger charge is -2.19. The summed E-state index contributed by atoms with van der Waals surface area (Å²) in [5, 5.41) is 19.2. The van der Waals surface area contributed by atoms with Crippen LogP contribution in [0.1, 0.15) is 24.0 Å². The fourth-order valence-electron chi connectivity index (χ4n) is 8.72. The Labute approximate surface area is 341 Å². The molecule has 6 aromatic carbocycles. The van der Waals surface area contributed by atoms with Crippen LogP contribution in [-0.4, -0.2) is 25.5 Å². The number of para-hydroxylation sites is 3. The number of fused-ring (bicyclic) bond motifs is 6. The number of nitrogens with zero attached hydrogens (tertiary/aromatic N) is 4. The van der Waals surface area contributed by atoms with E-state index in [1.165, 1.54) is 32.9 Å². The van der Waals surface area contributed by atoms with Gasteiger partial charge in [0.05, 0.1) is 33.5 Å². The van der Waals surface area contributed by atoms with Gasteiger partial charge in [-0.05, 0) is 126 Å². The lowest BCUT2D eigenvalue weighted by atomic mass is 9.87. The van der Waals surface area contributed by atoms with Crippen molar-refractivity contribution in [1.29, 1.82) is 5.41 Å². The van der Waals surface area contributed by atoms with Gasteiger partial charge in [0, 0.05) is 50.9 Å². The van der Waals surface area contributed by atoms with Gasteiger partial charge in [0.2, 0.25) is 0 Å². The van der Waals surface area contributed by atoms with E-state index in [1.54, 1.807) is 6.20 Å². The van der Waals surface area contributed by atoms with E-state index < -0.39 is 0 Å². The van der Waals surface area contributed by atoms with Crippen molar-refractivity contribution in [3.63, 3.8) is 0 Å². The number of nitrogens with one attached hydrogen (secondary N) is 2. The van der Waals surface area contributed by atoms with E-state index >= 15 is 0 Å². The summed E-state index contributed by atoms with van der Waals surface area (Å²) in [4.78, 5) is 4.28. The molecular formula is C53H38N6. The van der Waals surface area contributed by atoms with Gasteiger partial charge in [0.25, 0.3) is 0 Å². The quantitative estimate of drug-likeness (QED) is 0.125. The van der Waals surface area contributed by atoms with Gasteiger partial charge >= 0.3 is 0 Å². The van der Waals surface area contributed by atoms with E-state index in [0.29, 0.717) is 11.4 Å². The Morgan fingerprint density at radius 1 is 0.559 bits per heavy atom. The molecule has 0 atom stereocenters. The number of anilines is 1. The van der Waals surface area contributed by atoms with Crippen LogP contribution in [0.5, 0.6) is 0 Å². The molecule has 0 saturated carbocycles. The van der Waals surface area contributed by atoms with Gasteiger partial charge in [-0.3, -0.25) is 15.8 Å². The standard InChI is InChI=1S/C53H38N6/c54-48-33-39(36-23-27-51-46(30-36)43-17-7-9-19-49(43)58(51)41-13-3-1-4-14-41)32-45(53(48)57-56-40-25-21-35(22-26-40)38-12-11-29-55-34-38)37-24-28-52-47(31-37)44-18-8-10-20-50(44)59(52)42-15-5-2-6-16-42/h2-3,5-34,54,56H,1,4H2. The highest BCUT2D eigenvalue weighted by atomic mass is 15.3. The molecule has 3 heterocycles. The van der Waals surface area contributed by atoms with Crippen molar-refractivity contribution < 1.29 is 0 Å². The summed E-state index contributed by atoms with van der Waals surface area (Å²) in [6, 6.07) is 53.2. The molecule has 2 aliphatic carbocycles. The van der Waals surface area contributed by atoms with Crippen molar-refractivity contribution in [2.24, 2.45) is 5.10 Å². The molecule has 2 aliphatic rings. The molecule has 6 heteroatoms. The van der Waals surface area contributed by atoms with Gasteiger partial charge in [-0.25, -0.2) is 0 Å². The highest BCUT2D eigenvalue weighted by Gasteiger charge is 2.23. The Balaban J connectivity index is 1.05. The second-order valence-corrected chi connectivity index (χ2v) is 15.1. The Bertz CT molecular complexity index is 3280. The van der Waals surface area contributed by atoms with Crippen molar-refractivity contribution >= 4 is 77.6 Å². The average molecular weight is 759 g/mol. The number of allylic oxidation sites excluding steroid dienone is 8. The van der Waals surface area contributed by atoms with E-state index in [0.717, 1.165) is 74.0 Å². The van der Waals surface area contributed by atoms with Crippen LogP contribution in [0.25, 0.3) is 77.3 Å². The third-order valence-electron chi connectivity index (χ3n) is 11.5. The topological polar surface area (TPSA) is 71.0 Å². The number of pyridine rings is 1. The number of rotatable bonds is 7. The molecule has 2 N–H and O–H groups in total. The molecule has 11 rings (SSSR count). The van der Waals surface area contributed by atoms with Crippen molar-refractivity contribution in [2.45, 2.75) is 12.8 Å². The first-order valence-electron chi connectivity index (χ1n) is 20.0. The molecule has 59 heavy (non-hydrogen) atoms. The van der Waals surface area contributed by atoms with Crippen LogP contribution in [0.4, 0.5) is 5.69 Å². The maximum absolute atomic E-state index is 9.54. The van der Waals surface area contributed by atoms with E-state index in [-0.39, 0.29) is 0 Å². The SMILES string of the molecule is N=C1C=C(c2ccc3c(c2)c2ccccc2n3C2=CCCC=C2)C=C(c2ccc3c(c2)c2ccccc2n3-c2ccccc2)C1=NNc1ccc(-c2cccnc2)cc1. The van der Waals surface area contributed by atoms with Crippen molar-refractivity contribution in [1.82, 2.24) is 14.1 Å². The summed E-state index contributed by atoms with van der Waals surface area (Å²) < 4.78 is 4.71. The first kappa shape index (κ1) is 34.4. The van der Waals surface area contributed by atoms with Gasteiger partial charge in [0.1, 0.15) is 5.71 Å². The fraction of sp³-hybridized carbons (Fsp3) is 0.0377. The van der Waals surface area contributed by atoms with Crippen molar-refractivity contribution in [3.05, 3.63) is 206 Å². The molecule has 0 unspecified atom stereocenters. The van der Waals surface area contributed by atoms with Crippen LogP contribution in [0.15, 0.2) is 200 Å². The van der Waals surface area contributed by atoms with Crippen LogP contribution in [0.2, 0.25) is 0 Å². The van der Waals surface area contributed by atoms with E-state index in [4.69, 9.17) is 5.10 Å². The molecule has 9 aromatic rings. The molecule has 0 fully saturated rings. The van der Waals surface area contributed by atoms with Crippen molar-refractivity contribution in [2.75, 3.05) is 5.43 Å². The number of hydrazone groups is 1. The summed E-state index contributed by atoms with van der Waals surface area (Å²) in [7, 11) is 0. The Morgan fingerprint density at radius 3 is 1.95 bits per heavy atom. The molecule has 0 saturated heterocycles. The van der Waals surface area contributed by atoms with Gasteiger partial charge in [-0.15, -0.1) is 0 Å². The number of aromatic nitrogens is 3. The Kier molecular flexibility index (Phi) is 8.33. The summed E-state index contributed by atoms with van der Waals surface area (Å²) in [5.74, 6) is 0. The molecule has 3 aromatic heterocycles. The zero-order valence-corrected chi connectivity index (χ0v) is 32.2. The molecular weight excluding hydrogens is 721 g/mol. The van der Waals surface area contributed by atoms with E-state index in [2.05, 4.69) is 177 Å². The third-order valence-corrected chi connectivity index (χ3v) is 11.5. The normalized spacial score (nSPS) is 14.9. The van der Waals surface area contributed by atoms with E-state index in [1.807, 2.05) is 30.5 Å². The molecule has 0 radical (unpaired) electrons. The first-order chi connectivity index (χ1) is 29.2. The maximum atomic E-state index is 9.54. The van der Waals surface area contributed by atoms with Gasteiger partial charge in [0.15, 0.2) is 0 Å². The number of hydrogen-bond donors (Lipinski definition) is 2. The van der Waals surface area contributed by atoms with Crippen LogP contribution in [-0.2, 0) is 0 Å². The van der Waals surface area contributed by atoms with E-state index in [9.17, 15) is 5.41 Å². The monoisotopic (exact) mass is 758 g/mol. The van der Waals surface area contributed by atoms with Gasteiger partial charge in [-0.1, -0.05) is 97.1 Å². The smallest absolute Gasteiger partial charge is 0.116 e. The second kappa shape index (κ2) is 14.3. The largest absolute Gasteiger partial charge is 0.310 e. The van der Waals surface area contributed by atoms with Crippen LogP contribution in [0, 0.1) is 5.41 Å². The van der Waals surface area contributed by atoms with Crippen molar-refractivity contribution in [3.8, 4) is 16.8 Å². The lowest BCUT2D eigenvalue weighted by Crippen LogP contribution is -2.19. The molecule has 0 bridgehead atoms. The molecule has 0 spiro atoms. The molecule has 0 aliphatic heterocycles. The lowest BCUT2D eigenvalue weighted by molar-refractivity contribution is 1.02. The van der Waals surface area contributed by atoms with Gasteiger partial charge in [-0.2, -0.15) is 5.10 Å². The second-order valence-electron chi connectivity index (χ2n) is 15.1. The van der Waals surface area contributed by atoms with Crippen LogP contribution >= 0.6 is 0 Å². The van der Waals surface area contributed by atoms with Crippen LogP contribution in [0.3, 0.4) is 0 Å². The Morgan fingerprint density at radius 2 is 1.22 bits per heavy atom. The predicted molar refractivity (Wildman–Crippen MR) is 247 cm³/mol. The third kappa shape index (κ3) is 6.01. The first-order valence-corrected chi connectivity index (χ1v) is 20.0.